The smallest absolute Gasteiger partial charge is 0.315 e. The van der Waals surface area contributed by atoms with E-state index >= 15 is 0 Å². The zero-order valence-corrected chi connectivity index (χ0v) is 34.2. The molecule has 3 aliphatic rings. The third-order valence-corrected chi connectivity index (χ3v) is 13.5. The van der Waals surface area contributed by atoms with Crippen LogP contribution in [0.4, 0.5) is 4.79 Å². The van der Waals surface area contributed by atoms with Crippen molar-refractivity contribution in [2.75, 3.05) is 40.8 Å². The van der Waals surface area contributed by atoms with E-state index in [2.05, 4.69) is 41.7 Å². The Bertz CT molecular complexity index is 1680. The number of hydrogen-bond donors (Lipinski definition) is 4. The molecule has 1 aromatic carbocycles. The molecule has 15 heteroatoms. The lowest BCUT2D eigenvalue weighted by Crippen LogP contribution is -2.62. The molecule has 0 radical (unpaired) electrons. The summed E-state index contributed by atoms with van der Waals surface area (Å²) in [5.41, 5.74) is 1.37. The molecule has 4 N–H and O–H groups in total. The molecule has 2 aliphatic carbocycles. The number of hydrogen-bond acceptors (Lipinski definition) is 7. The standard InChI is InChI=1S/C39H61N7O7S/c1-11-13-18-28(33(47)35(49)40-19-12-2)41-34(48)32-30-27(39(30,6)7)22-46(32)36(50)31(26-20-24-16-14-15-17-25(24)21-26)43-37(51)42-29(38(3,4)5)23-45(10)54(52,53)44(8)9/h12,14-17,26-32H,2,11,13,18-23H2,1,3-10H3,(H,40,49)(H,41,48)(H2,42,43,51)/t27-,28?,29+,30-,31-,32-/m0/s1. The van der Waals surface area contributed by atoms with E-state index < -0.39 is 69.3 Å². The number of amides is 5. The van der Waals surface area contributed by atoms with Crippen LogP contribution in [0, 0.1) is 28.6 Å². The van der Waals surface area contributed by atoms with Crippen molar-refractivity contribution in [3.8, 4) is 0 Å². The second-order valence-electron chi connectivity index (χ2n) is 17.0. The van der Waals surface area contributed by atoms with Crippen LogP contribution in [0.3, 0.4) is 0 Å². The van der Waals surface area contributed by atoms with E-state index in [1.807, 2.05) is 52.0 Å². The Labute approximate surface area is 321 Å². The molecule has 6 atom stereocenters. The average Bonchev–Trinajstić information content (AvgIpc) is 3.46. The van der Waals surface area contributed by atoms with Crippen LogP contribution < -0.4 is 21.3 Å². The van der Waals surface area contributed by atoms with Crippen molar-refractivity contribution in [3.05, 3.63) is 48.0 Å². The molecule has 1 saturated carbocycles. The largest absolute Gasteiger partial charge is 0.346 e. The van der Waals surface area contributed by atoms with Gasteiger partial charge in [-0.25, -0.2) is 4.79 Å². The number of ketones is 1. The molecule has 2 fully saturated rings. The van der Waals surface area contributed by atoms with Gasteiger partial charge in [0.05, 0.1) is 6.04 Å². The number of fused-ring (bicyclic) bond motifs is 2. The summed E-state index contributed by atoms with van der Waals surface area (Å²) >= 11 is 0. The third kappa shape index (κ3) is 9.34. The zero-order valence-electron chi connectivity index (χ0n) is 33.4. The number of piperidine rings is 1. The molecule has 54 heavy (non-hydrogen) atoms. The number of unbranched alkanes of at least 4 members (excludes halogenated alkanes) is 1. The molecular weight excluding hydrogens is 711 g/mol. The fourth-order valence-electron chi connectivity index (χ4n) is 8.05. The summed E-state index contributed by atoms with van der Waals surface area (Å²) in [5, 5.41) is 11.3. The average molecular weight is 772 g/mol. The van der Waals surface area contributed by atoms with Gasteiger partial charge in [0.2, 0.25) is 17.6 Å². The van der Waals surface area contributed by atoms with Gasteiger partial charge < -0.3 is 26.2 Å². The number of Topliss-reactive ketones (excluding diaryl/α,β-unsaturated/α-hetero) is 1. The molecule has 0 bridgehead atoms. The third-order valence-electron chi connectivity index (χ3n) is 11.6. The van der Waals surface area contributed by atoms with Gasteiger partial charge in [0.25, 0.3) is 16.1 Å². The van der Waals surface area contributed by atoms with Gasteiger partial charge in [-0.1, -0.05) is 84.7 Å². The number of carbonyl (C=O) groups is 5. The lowest BCUT2D eigenvalue weighted by atomic mass is 9.86. The van der Waals surface area contributed by atoms with Gasteiger partial charge in [-0.15, -0.1) is 6.58 Å². The van der Waals surface area contributed by atoms with Gasteiger partial charge >= 0.3 is 6.03 Å². The lowest BCUT2D eigenvalue weighted by molar-refractivity contribution is -0.144. The monoisotopic (exact) mass is 771 g/mol. The quantitative estimate of drug-likeness (QED) is 0.139. The second kappa shape index (κ2) is 16.9. The van der Waals surface area contributed by atoms with Crippen LogP contribution in [-0.2, 0) is 42.2 Å². The minimum Gasteiger partial charge on any atom is -0.346 e. The van der Waals surface area contributed by atoms with Crippen LogP contribution in [0.2, 0.25) is 0 Å². The Balaban J connectivity index is 1.62. The van der Waals surface area contributed by atoms with Crippen LogP contribution >= 0.6 is 0 Å². The number of nitrogens with zero attached hydrogens (tertiary/aromatic N) is 3. The van der Waals surface area contributed by atoms with Gasteiger partial charge in [-0.05, 0) is 59.0 Å². The number of carbonyl (C=O) groups excluding carboxylic acids is 5. The van der Waals surface area contributed by atoms with Crippen LogP contribution in [-0.4, -0.2) is 116 Å². The molecule has 1 aliphatic heterocycles. The highest BCUT2D eigenvalue weighted by molar-refractivity contribution is 7.86. The van der Waals surface area contributed by atoms with Crippen molar-refractivity contribution in [2.45, 2.75) is 97.8 Å². The molecule has 1 aromatic rings. The summed E-state index contributed by atoms with van der Waals surface area (Å²) in [6.07, 6.45) is 4.16. The van der Waals surface area contributed by atoms with Gasteiger partial charge in [0.1, 0.15) is 12.1 Å². The van der Waals surface area contributed by atoms with E-state index in [1.54, 1.807) is 4.90 Å². The Morgan fingerprint density at radius 2 is 1.63 bits per heavy atom. The summed E-state index contributed by atoms with van der Waals surface area (Å²) in [6, 6.07) is 3.66. The normalized spacial score (nSPS) is 22.1. The van der Waals surface area contributed by atoms with E-state index in [-0.39, 0.29) is 42.7 Å². The summed E-state index contributed by atoms with van der Waals surface area (Å²) in [4.78, 5) is 70.5. The van der Waals surface area contributed by atoms with Crippen LogP contribution in [0.15, 0.2) is 36.9 Å². The Hall–Kier alpha value is -3.82. The van der Waals surface area contributed by atoms with Gasteiger partial charge in [-0.2, -0.15) is 17.0 Å². The fraction of sp³-hybridized carbons (Fsp3) is 0.667. The van der Waals surface area contributed by atoms with Crippen molar-refractivity contribution >= 4 is 39.7 Å². The summed E-state index contributed by atoms with van der Waals surface area (Å²) in [7, 11) is 0.569. The number of rotatable bonds is 17. The topological polar surface area (TPSA) is 177 Å². The first kappa shape index (κ1) is 42.9. The molecule has 4 rings (SSSR count). The number of likely N-dealkylation sites (tertiary alicyclic amines) is 1. The lowest BCUT2D eigenvalue weighted by Gasteiger charge is -2.37. The van der Waals surface area contributed by atoms with Gasteiger partial charge in [0.15, 0.2) is 0 Å². The highest BCUT2D eigenvalue weighted by Crippen LogP contribution is 2.65. The maximum absolute atomic E-state index is 14.9. The molecule has 300 valence electrons. The van der Waals surface area contributed by atoms with Crippen molar-refractivity contribution < 1.29 is 32.4 Å². The molecule has 1 heterocycles. The molecule has 14 nitrogen and oxygen atoms in total. The SMILES string of the molecule is C=CCNC(=O)C(=O)C(CCCC)NC(=O)[C@@H]1[C@@H]2[C@H](CN1C(=O)[C@@H](NC(=O)N[C@H](CN(C)S(=O)(=O)N(C)C)C(C)(C)C)C1Cc3ccccc3C1)C2(C)C. The minimum absolute atomic E-state index is 0.0126. The first-order chi connectivity index (χ1) is 25.2. The molecule has 5 amide bonds. The number of benzene rings is 1. The van der Waals surface area contributed by atoms with Gasteiger partial charge in [-0.3, -0.25) is 19.2 Å². The Morgan fingerprint density at radius 1 is 1.02 bits per heavy atom. The summed E-state index contributed by atoms with van der Waals surface area (Å²) < 4.78 is 28.0. The molecule has 1 unspecified atom stereocenters. The first-order valence-corrected chi connectivity index (χ1v) is 20.4. The molecule has 0 aromatic heterocycles. The summed E-state index contributed by atoms with van der Waals surface area (Å²) in [6.45, 7) is 15.7. The first-order valence-electron chi connectivity index (χ1n) is 19.0. The number of nitrogens with one attached hydrogen (secondary N) is 4. The highest BCUT2D eigenvalue weighted by Gasteiger charge is 2.70. The number of likely N-dealkylation sites (N-methyl/N-ethyl adjacent to an activating group) is 1. The van der Waals surface area contributed by atoms with E-state index in [0.717, 1.165) is 21.9 Å². The molecule has 0 spiro atoms. The second-order valence-corrected chi connectivity index (χ2v) is 19.2. The van der Waals surface area contributed by atoms with E-state index in [1.165, 1.54) is 31.5 Å². The van der Waals surface area contributed by atoms with Crippen molar-refractivity contribution in [2.24, 2.45) is 28.6 Å². The van der Waals surface area contributed by atoms with E-state index in [0.29, 0.717) is 25.8 Å². The predicted molar refractivity (Wildman–Crippen MR) is 207 cm³/mol. The summed E-state index contributed by atoms with van der Waals surface area (Å²) in [5.74, 6) is -2.91. The van der Waals surface area contributed by atoms with Crippen molar-refractivity contribution in [1.29, 1.82) is 0 Å². The van der Waals surface area contributed by atoms with E-state index in [4.69, 9.17) is 0 Å². The van der Waals surface area contributed by atoms with Crippen LogP contribution in [0.25, 0.3) is 0 Å². The van der Waals surface area contributed by atoms with Crippen LogP contribution in [0.5, 0.6) is 0 Å². The van der Waals surface area contributed by atoms with Crippen LogP contribution in [0.1, 0.15) is 71.9 Å². The Kier molecular flexibility index (Phi) is 13.4. The molecular formula is C39H61N7O7S. The van der Waals surface area contributed by atoms with Crippen molar-refractivity contribution in [3.63, 3.8) is 0 Å². The minimum atomic E-state index is -3.76. The van der Waals surface area contributed by atoms with Crippen molar-refractivity contribution in [1.82, 2.24) is 34.8 Å². The Morgan fingerprint density at radius 3 is 2.17 bits per heavy atom. The fourth-order valence-corrected chi connectivity index (χ4v) is 8.95. The predicted octanol–water partition coefficient (Wildman–Crippen LogP) is 2.25. The van der Waals surface area contributed by atoms with E-state index in [9.17, 15) is 32.4 Å². The maximum Gasteiger partial charge on any atom is 0.315 e. The molecule has 1 saturated heterocycles. The highest BCUT2D eigenvalue weighted by atomic mass is 32.2. The zero-order chi connectivity index (χ0) is 40.3. The maximum atomic E-state index is 14.9. The number of urea groups is 1. The van der Waals surface area contributed by atoms with Gasteiger partial charge in [0, 0.05) is 46.8 Å².